The number of aliphatic carboxylic acids is 1. The maximum Gasteiger partial charge on any atom is 0.322 e. The number of hydrogen-bond acceptors (Lipinski definition) is 5. The molecule has 0 radical (unpaired) electrons. The molecule has 0 amide bonds. The van der Waals surface area contributed by atoms with E-state index in [1.54, 1.807) is 0 Å². The molecule has 0 spiro atoms. The van der Waals surface area contributed by atoms with Crippen molar-refractivity contribution in [2.45, 2.75) is 12.1 Å². The van der Waals surface area contributed by atoms with E-state index in [1.165, 1.54) is 0 Å². The molecule has 1 fully saturated rings. The molecule has 2 atom stereocenters. The van der Waals surface area contributed by atoms with E-state index >= 15 is 0 Å². The summed E-state index contributed by atoms with van der Waals surface area (Å²) in [5.41, 5.74) is 0.888. The molecular weight excluding hydrogens is 236 g/mol. The van der Waals surface area contributed by atoms with E-state index in [4.69, 9.17) is 9.47 Å². The summed E-state index contributed by atoms with van der Waals surface area (Å²) >= 11 is 0. The van der Waals surface area contributed by atoms with Gasteiger partial charge in [-0.2, -0.15) is 0 Å². The van der Waals surface area contributed by atoms with Crippen LogP contribution in [0.1, 0.15) is 11.6 Å². The molecule has 0 aliphatic carbocycles. The number of ether oxygens (including phenoxy) is 2. The second kappa shape index (κ2) is 4.47. The van der Waals surface area contributed by atoms with Crippen molar-refractivity contribution in [2.24, 2.45) is 0 Å². The van der Waals surface area contributed by atoms with Crippen LogP contribution < -0.4 is 20.1 Å². The largest absolute Gasteiger partial charge is 0.480 e. The van der Waals surface area contributed by atoms with Crippen molar-refractivity contribution in [3.05, 3.63) is 23.8 Å². The molecule has 18 heavy (non-hydrogen) atoms. The molecule has 1 saturated heterocycles. The SMILES string of the molecule is O=C(O)C1NCCNC1c1ccc2c(c1)OCO2. The summed E-state index contributed by atoms with van der Waals surface area (Å²) < 4.78 is 10.5. The summed E-state index contributed by atoms with van der Waals surface area (Å²) in [5.74, 6) is 0.517. The second-order valence-electron chi connectivity index (χ2n) is 4.31. The summed E-state index contributed by atoms with van der Waals surface area (Å²) in [6.45, 7) is 1.61. The van der Waals surface area contributed by atoms with Gasteiger partial charge in [0.05, 0.1) is 6.04 Å². The zero-order valence-electron chi connectivity index (χ0n) is 9.68. The Hall–Kier alpha value is -1.79. The Bertz CT molecular complexity index is 477. The standard InChI is InChI=1S/C12H14N2O4/c15-12(16)11-10(13-3-4-14-11)7-1-2-8-9(5-7)18-6-17-8/h1-2,5,10-11,13-14H,3-4,6H2,(H,15,16). The number of fused-ring (bicyclic) bond motifs is 1. The van der Waals surface area contributed by atoms with Crippen LogP contribution in [0.5, 0.6) is 11.5 Å². The topological polar surface area (TPSA) is 79.8 Å². The molecule has 2 heterocycles. The number of carboxylic acids is 1. The number of rotatable bonds is 2. The van der Waals surface area contributed by atoms with E-state index in [1.807, 2.05) is 18.2 Å². The summed E-state index contributed by atoms with van der Waals surface area (Å²) in [5, 5.41) is 15.4. The van der Waals surface area contributed by atoms with Crippen LogP contribution in [0.2, 0.25) is 0 Å². The van der Waals surface area contributed by atoms with Crippen LogP contribution in [0.25, 0.3) is 0 Å². The number of nitrogens with one attached hydrogen (secondary N) is 2. The molecule has 0 aromatic heterocycles. The van der Waals surface area contributed by atoms with E-state index in [9.17, 15) is 9.90 Å². The number of carbonyl (C=O) groups is 1. The average Bonchev–Trinajstić information content (AvgIpc) is 2.85. The first kappa shape index (κ1) is 11.3. The van der Waals surface area contributed by atoms with Gasteiger partial charge in [0.1, 0.15) is 6.04 Å². The maximum absolute atomic E-state index is 11.2. The lowest BCUT2D eigenvalue weighted by Gasteiger charge is -2.31. The monoisotopic (exact) mass is 250 g/mol. The Morgan fingerprint density at radius 3 is 2.83 bits per heavy atom. The van der Waals surface area contributed by atoms with Crippen LogP contribution in [0, 0.1) is 0 Å². The molecule has 3 N–H and O–H groups in total. The van der Waals surface area contributed by atoms with Gasteiger partial charge in [0.2, 0.25) is 6.79 Å². The predicted molar refractivity (Wildman–Crippen MR) is 62.7 cm³/mol. The molecule has 3 rings (SSSR count). The quantitative estimate of drug-likeness (QED) is 0.691. The van der Waals surface area contributed by atoms with Gasteiger partial charge in [-0.05, 0) is 17.7 Å². The summed E-state index contributed by atoms with van der Waals surface area (Å²) in [6.07, 6.45) is 0. The molecular formula is C12H14N2O4. The molecule has 96 valence electrons. The minimum Gasteiger partial charge on any atom is -0.480 e. The van der Waals surface area contributed by atoms with Gasteiger partial charge in [-0.3, -0.25) is 4.79 Å². The average molecular weight is 250 g/mol. The van der Waals surface area contributed by atoms with Gasteiger partial charge in [0.25, 0.3) is 0 Å². The molecule has 1 aromatic rings. The minimum absolute atomic E-state index is 0.220. The van der Waals surface area contributed by atoms with Gasteiger partial charge < -0.3 is 25.2 Å². The third-order valence-electron chi connectivity index (χ3n) is 3.21. The summed E-state index contributed by atoms with van der Waals surface area (Å²) in [6, 6.07) is 4.63. The van der Waals surface area contributed by atoms with Gasteiger partial charge in [-0.1, -0.05) is 6.07 Å². The molecule has 2 unspecified atom stereocenters. The van der Waals surface area contributed by atoms with Crippen LogP contribution in [0.4, 0.5) is 0 Å². The van der Waals surface area contributed by atoms with Gasteiger partial charge >= 0.3 is 5.97 Å². The van der Waals surface area contributed by atoms with Gasteiger partial charge in [-0.15, -0.1) is 0 Å². The summed E-state index contributed by atoms with van der Waals surface area (Å²) in [4.78, 5) is 11.2. The van der Waals surface area contributed by atoms with Crippen molar-refractivity contribution >= 4 is 5.97 Å². The maximum atomic E-state index is 11.2. The van der Waals surface area contributed by atoms with Crippen LogP contribution >= 0.6 is 0 Å². The second-order valence-corrected chi connectivity index (χ2v) is 4.31. The van der Waals surface area contributed by atoms with E-state index in [2.05, 4.69) is 10.6 Å². The van der Waals surface area contributed by atoms with E-state index in [0.717, 1.165) is 12.1 Å². The lowest BCUT2D eigenvalue weighted by Crippen LogP contribution is -2.54. The highest BCUT2D eigenvalue weighted by molar-refractivity contribution is 5.75. The van der Waals surface area contributed by atoms with Crippen molar-refractivity contribution in [2.75, 3.05) is 19.9 Å². The lowest BCUT2D eigenvalue weighted by molar-refractivity contribution is -0.140. The highest BCUT2D eigenvalue weighted by atomic mass is 16.7. The Labute approximate surface area is 104 Å². The number of hydrogen-bond donors (Lipinski definition) is 3. The molecule has 1 aromatic carbocycles. The van der Waals surface area contributed by atoms with Crippen molar-refractivity contribution in [1.29, 1.82) is 0 Å². The highest BCUT2D eigenvalue weighted by Crippen LogP contribution is 2.35. The van der Waals surface area contributed by atoms with Crippen LogP contribution in [0.15, 0.2) is 18.2 Å². The fourth-order valence-corrected chi connectivity index (χ4v) is 2.34. The highest BCUT2D eigenvalue weighted by Gasteiger charge is 2.32. The fourth-order valence-electron chi connectivity index (χ4n) is 2.34. The van der Waals surface area contributed by atoms with E-state index in [0.29, 0.717) is 18.0 Å². The molecule has 2 aliphatic rings. The predicted octanol–water partition coefficient (Wildman–Crippen LogP) is 0.102. The van der Waals surface area contributed by atoms with Gasteiger partial charge in [0, 0.05) is 13.1 Å². The number of carboxylic acid groups (broad SMARTS) is 1. The Balaban J connectivity index is 1.90. The molecule has 2 aliphatic heterocycles. The zero-order chi connectivity index (χ0) is 12.5. The van der Waals surface area contributed by atoms with Crippen molar-refractivity contribution in [3.8, 4) is 11.5 Å². The Morgan fingerprint density at radius 2 is 2.00 bits per heavy atom. The molecule has 0 saturated carbocycles. The Kier molecular flexibility index (Phi) is 2.81. The zero-order valence-corrected chi connectivity index (χ0v) is 9.68. The third kappa shape index (κ3) is 1.89. The van der Waals surface area contributed by atoms with Crippen LogP contribution in [-0.2, 0) is 4.79 Å². The minimum atomic E-state index is -0.857. The van der Waals surface area contributed by atoms with Crippen LogP contribution in [-0.4, -0.2) is 37.0 Å². The fraction of sp³-hybridized carbons (Fsp3) is 0.417. The van der Waals surface area contributed by atoms with Crippen LogP contribution in [0.3, 0.4) is 0 Å². The molecule has 0 bridgehead atoms. The Morgan fingerprint density at radius 1 is 1.22 bits per heavy atom. The lowest BCUT2D eigenvalue weighted by atomic mass is 9.97. The first-order chi connectivity index (χ1) is 8.75. The van der Waals surface area contributed by atoms with Gasteiger partial charge in [0.15, 0.2) is 11.5 Å². The molecule has 6 heteroatoms. The number of benzene rings is 1. The third-order valence-corrected chi connectivity index (χ3v) is 3.21. The van der Waals surface area contributed by atoms with E-state index in [-0.39, 0.29) is 12.8 Å². The molecule has 6 nitrogen and oxygen atoms in total. The normalized spacial score (nSPS) is 26.0. The number of piperazine rings is 1. The van der Waals surface area contributed by atoms with Crippen molar-refractivity contribution < 1.29 is 19.4 Å². The first-order valence-electron chi connectivity index (χ1n) is 5.85. The van der Waals surface area contributed by atoms with E-state index < -0.39 is 12.0 Å². The van der Waals surface area contributed by atoms with Crippen molar-refractivity contribution in [3.63, 3.8) is 0 Å². The van der Waals surface area contributed by atoms with Gasteiger partial charge in [-0.25, -0.2) is 0 Å². The first-order valence-corrected chi connectivity index (χ1v) is 5.85. The summed E-state index contributed by atoms with van der Waals surface area (Å²) in [7, 11) is 0. The smallest absolute Gasteiger partial charge is 0.322 e. The van der Waals surface area contributed by atoms with Crippen molar-refractivity contribution in [1.82, 2.24) is 10.6 Å².